The van der Waals surface area contributed by atoms with Gasteiger partial charge in [0.25, 0.3) is 6.01 Å². The molecule has 6 nitrogen and oxygen atoms in total. The highest BCUT2D eigenvalue weighted by Gasteiger charge is 2.19. The summed E-state index contributed by atoms with van der Waals surface area (Å²) in [6.07, 6.45) is 0. The quantitative estimate of drug-likeness (QED) is 0.631. The SMILES string of the molecule is CCOC(=O)c1c(OCC)[nH]c(OCC)nc1=S. The molecule has 0 spiro atoms. The van der Waals surface area contributed by atoms with Crippen LogP contribution in [-0.2, 0) is 4.74 Å². The fourth-order valence-corrected chi connectivity index (χ4v) is 1.53. The van der Waals surface area contributed by atoms with Crippen LogP contribution in [0.2, 0.25) is 0 Å². The summed E-state index contributed by atoms with van der Waals surface area (Å²) in [5.74, 6) is -0.336. The van der Waals surface area contributed by atoms with E-state index in [4.69, 9.17) is 26.4 Å². The Morgan fingerprint density at radius 3 is 2.44 bits per heavy atom. The lowest BCUT2D eigenvalue weighted by Gasteiger charge is -2.11. The molecule has 0 saturated heterocycles. The van der Waals surface area contributed by atoms with Crippen LogP contribution in [-0.4, -0.2) is 35.8 Å². The summed E-state index contributed by atoms with van der Waals surface area (Å²) in [7, 11) is 0. The Balaban J connectivity index is 3.22. The van der Waals surface area contributed by atoms with Crippen molar-refractivity contribution in [3.05, 3.63) is 10.2 Å². The van der Waals surface area contributed by atoms with E-state index < -0.39 is 5.97 Å². The van der Waals surface area contributed by atoms with Gasteiger partial charge in [0.15, 0.2) is 10.2 Å². The molecule has 18 heavy (non-hydrogen) atoms. The molecule has 0 unspecified atom stereocenters. The van der Waals surface area contributed by atoms with Crippen LogP contribution < -0.4 is 9.47 Å². The van der Waals surface area contributed by atoms with Crippen molar-refractivity contribution < 1.29 is 19.0 Å². The number of nitrogens with zero attached hydrogens (tertiary/aromatic N) is 1. The molecule has 0 aliphatic carbocycles. The van der Waals surface area contributed by atoms with Gasteiger partial charge in [0.05, 0.1) is 19.8 Å². The summed E-state index contributed by atoms with van der Waals surface area (Å²) in [4.78, 5) is 18.5. The van der Waals surface area contributed by atoms with Crippen molar-refractivity contribution in [2.75, 3.05) is 19.8 Å². The van der Waals surface area contributed by atoms with Crippen molar-refractivity contribution in [2.45, 2.75) is 20.8 Å². The van der Waals surface area contributed by atoms with Gasteiger partial charge in [-0.2, -0.15) is 4.98 Å². The van der Waals surface area contributed by atoms with E-state index in [-0.39, 0.29) is 28.7 Å². The van der Waals surface area contributed by atoms with Gasteiger partial charge >= 0.3 is 5.97 Å². The summed E-state index contributed by atoms with van der Waals surface area (Å²) in [5, 5.41) is 0. The number of nitrogens with one attached hydrogen (secondary N) is 1. The number of H-pyrrole nitrogens is 1. The third-order valence-electron chi connectivity index (χ3n) is 1.91. The summed E-state index contributed by atoms with van der Waals surface area (Å²) in [6, 6.07) is 0.221. The predicted octanol–water partition coefficient (Wildman–Crippen LogP) is 2.11. The van der Waals surface area contributed by atoms with Crippen molar-refractivity contribution in [1.29, 1.82) is 0 Å². The van der Waals surface area contributed by atoms with Gasteiger partial charge in [-0.1, -0.05) is 12.2 Å². The van der Waals surface area contributed by atoms with Gasteiger partial charge in [0.2, 0.25) is 5.88 Å². The molecule has 1 rings (SSSR count). The second-order valence-corrected chi connectivity index (χ2v) is 3.52. The second-order valence-electron chi connectivity index (χ2n) is 3.14. The number of hydrogen-bond donors (Lipinski definition) is 1. The number of hydrogen-bond acceptors (Lipinski definition) is 6. The average Bonchev–Trinajstić information content (AvgIpc) is 2.29. The van der Waals surface area contributed by atoms with Gasteiger partial charge in [0.1, 0.15) is 0 Å². The molecule has 0 radical (unpaired) electrons. The Hall–Kier alpha value is -1.63. The Morgan fingerprint density at radius 2 is 1.89 bits per heavy atom. The van der Waals surface area contributed by atoms with Gasteiger partial charge in [-0.25, -0.2) is 4.79 Å². The molecule has 0 aliphatic rings. The Morgan fingerprint density at radius 1 is 1.22 bits per heavy atom. The van der Waals surface area contributed by atoms with Crippen LogP contribution in [0.15, 0.2) is 0 Å². The number of rotatable bonds is 6. The zero-order valence-corrected chi connectivity index (χ0v) is 11.4. The molecule has 0 fully saturated rings. The van der Waals surface area contributed by atoms with Gasteiger partial charge in [-0.15, -0.1) is 0 Å². The standard InChI is InChI=1S/C11H16N2O4S/c1-4-15-8-7(10(14)16-5-2)9(18)13-11(12-8)17-6-3/h4-6H2,1-3H3,(H,12,13,18). The molecule has 0 saturated carbocycles. The zero-order chi connectivity index (χ0) is 13.5. The molecule has 1 N–H and O–H groups in total. The van der Waals surface area contributed by atoms with Crippen molar-refractivity contribution in [1.82, 2.24) is 9.97 Å². The van der Waals surface area contributed by atoms with Crippen LogP contribution >= 0.6 is 12.2 Å². The van der Waals surface area contributed by atoms with E-state index in [0.29, 0.717) is 13.2 Å². The molecule has 0 aliphatic heterocycles. The van der Waals surface area contributed by atoms with Crippen LogP contribution in [0.25, 0.3) is 0 Å². The van der Waals surface area contributed by atoms with E-state index in [9.17, 15) is 4.79 Å². The smallest absolute Gasteiger partial charge is 0.346 e. The third kappa shape index (κ3) is 3.43. The first-order valence-electron chi connectivity index (χ1n) is 5.71. The highest BCUT2D eigenvalue weighted by atomic mass is 32.1. The minimum absolute atomic E-state index is 0.0964. The van der Waals surface area contributed by atoms with E-state index in [1.165, 1.54) is 0 Å². The van der Waals surface area contributed by atoms with Crippen LogP contribution in [0, 0.1) is 4.64 Å². The minimum Gasteiger partial charge on any atom is -0.478 e. The fraction of sp³-hybridized carbons (Fsp3) is 0.545. The monoisotopic (exact) mass is 272 g/mol. The maximum absolute atomic E-state index is 11.8. The molecule has 0 aromatic carbocycles. The van der Waals surface area contributed by atoms with E-state index in [1.54, 1.807) is 13.8 Å². The van der Waals surface area contributed by atoms with Crippen molar-refractivity contribution >= 4 is 18.2 Å². The molecule has 0 bridgehead atoms. The second kappa shape index (κ2) is 6.95. The molecule has 1 aromatic heterocycles. The first-order chi connectivity index (χ1) is 8.63. The number of ether oxygens (including phenoxy) is 3. The normalized spacial score (nSPS) is 9.94. The molecular formula is C11H16N2O4S. The molecular weight excluding hydrogens is 256 g/mol. The average molecular weight is 272 g/mol. The Labute approximate surface area is 110 Å². The van der Waals surface area contributed by atoms with Gasteiger partial charge < -0.3 is 14.2 Å². The van der Waals surface area contributed by atoms with E-state index in [0.717, 1.165) is 0 Å². The lowest BCUT2D eigenvalue weighted by molar-refractivity contribution is 0.0519. The van der Waals surface area contributed by atoms with E-state index in [1.807, 2.05) is 6.92 Å². The first kappa shape index (κ1) is 14.4. The topological polar surface area (TPSA) is 73.4 Å². The highest BCUT2D eigenvalue weighted by molar-refractivity contribution is 7.71. The number of carbonyl (C=O) groups excluding carboxylic acids is 1. The molecule has 1 aromatic rings. The van der Waals surface area contributed by atoms with E-state index >= 15 is 0 Å². The molecule has 1 heterocycles. The molecule has 0 atom stereocenters. The fourth-order valence-electron chi connectivity index (χ4n) is 1.27. The minimum atomic E-state index is -0.558. The number of esters is 1. The maximum Gasteiger partial charge on any atom is 0.346 e. The number of aromatic nitrogens is 2. The summed E-state index contributed by atoms with van der Waals surface area (Å²) < 4.78 is 15.5. The van der Waals surface area contributed by atoms with Gasteiger partial charge in [0, 0.05) is 0 Å². The third-order valence-corrected chi connectivity index (χ3v) is 2.21. The largest absolute Gasteiger partial charge is 0.478 e. The van der Waals surface area contributed by atoms with Crippen LogP contribution in [0.3, 0.4) is 0 Å². The summed E-state index contributed by atoms with van der Waals surface area (Å²) in [6.45, 7) is 6.40. The zero-order valence-electron chi connectivity index (χ0n) is 10.6. The maximum atomic E-state index is 11.8. The Bertz CT molecular complexity index is 473. The number of aromatic amines is 1. The van der Waals surface area contributed by atoms with Gasteiger partial charge in [-0.05, 0) is 20.8 Å². The van der Waals surface area contributed by atoms with Crippen molar-refractivity contribution in [3.63, 3.8) is 0 Å². The lowest BCUT2D eigenvalue weighted by Crippen LogP contribution is -2.12. The van der Waals surface area contributed by atoms with Crippen molar-refractivity contribution in [3.8, 4) is 11.9 Å². The van der Waals surface area contributed by atoms with Crippen LogP contribution in [0.1, 0.15) is 31.1 Å². The highest BCUT2D eigenvalue weighted by Crippen LogP contribution is 2.20. The van der Waals surface area contributed by atoms with Crippen LogP contribution in [0.4, 0.5) is 0 Å². The lowest BCUT2D eigenvalue weighted by atomic mass is 10.3. The molecule has 0 amide bonds. The predicted molar refractivity (Wildman–Crippen MR) is 67.7 cm³/mol. The number of carbonyl (C=O) groups is 1. The summed E-state index contributed by atoms with van der Waals surface area (Å²) in [5.41, 5.74) is 0.122. The summed E-state index contributed by atoms with van der Waals surface area (Å²) >= 11 is 5.05. The van der Waals surface area contributed by atoms with E-state index in [2.05, 4.69) is 9.97 Å². The van der Waals surface area contributed by atoms with Gasteiger partial charge in [-0.3, -0.25) is 4.98 Å². The first-order valence-corrected chi connectivity index (χ1v) is 6.11. The van der Waals surface area contributed by atoms with Crippen molar-refractivity contribution in [2.24, 2.45) is 0 Å². The molecule has 100 valence electrons. The Kier molecular flexibility index (Phi) is 5.57. The van der Waals surface area contributed by atoms with Crippen LogP contribution in [0.5, 0.6) is 11.9 Å². The molecule has 7 heteroatoms.